The molecule has 0 saturated carbocycles. The molecule has 0 aliphatic carbocycles. The molecular weight excluding hydrogens is 374 g/mol. The molecule has 0 radical (unpaired) electrons. The molecule has 0 heterocycles. The smallest absolute Gasteiger partial charge is 0.248 e. The van der Waals surface area contributed by atoms with Crippen molar-refractivity contribution in [2.24, 2.45) is 0 Å². The zero-order valence-electron chi connectivity index (χ0n) is 15.3. The highest BCUT2D eigenvalue weighted by atomic mass is 35.5. The maximum atomic E-state index is 12.4. The summed E-state index contributed by atoms with van der Waals surface area (Å²) in [5.41, 5.74) is 2.63. The Morgan fingerprint density at radius 2 is 1.79 bits per heavy atom. The molecule has 0 bridgehead atoms. The van der Waals surface area contributed by atoms with Crippen LogP contribution in [-0.2, 0) is 4.79 Å². The van der Waals surface area contributed by atoms with Crippen molar-refractivity contribution >= 4 is 29.3 Å². The number of aliphatic hydroxyl groups is 1. The highest BCUT2D eigenvalue weighted by molar-refractivity contribution is 6.30. The molecule has 2 N–H and O–H groups in total. The topological polar surface area (TPSA) is 58.6 Å². The zero-order valence-corrected chi connectivity index (χ0v) is 16.1. The summed E-state index contributed by atoms with van der Waals surface area (Å²) in [5.74, 6) is 0.446. The average molecular weight is 394 g/mol. The van der Waals surface area contributed by atoms with Gasteiger partial charge in [-0.15, -0.1) is 0 Å². The van der Waals surface area contributed by atoms with Crippen LogP contribution in [0.4, 0.5) is 5.69 Å². The zero-order chi connectivity index (χ0) is 19.9. The molecule has 0 aliphatic rings. The first-order valence-corrected chi connectivity index (χ1v) is 9.10. The Labute approximate surface area is 169 Å². The summed E-state index contributed by atoms with van der Waals surface area (Å²) in [6.45, 7) is 0. The van der Waals surface area contributed by atoms with Gasteiger partial charge in [0.15, 0.2) is 0 Å². The molecule has 5 heteroatoms. The van der Waals surface area contributed by atoms with E-state index >= 15 is 0 Å². The van der Waals surface area contributed by atoms with Crippen molar-refractivity contribution in [3.05, 3.63) is 101 Å². The van der Waals surface area contributed by atoms with Crippen molar-refractivity contribution in [1.82, 2.24) is 0 Å². The van der Waals surface area contributed by atoms with Crippen molar-refractivity contribution in [3.63, 3.8) is 0 Å². The van der Waals surface area contributed by atoms with E-state index in [1.54, 1.807) is 31.4 Å². The summed E-state index contributed by atoms with van der Waals surface area (Å²) < 4.78 is 5.12. The molecule has 0 saturated heterocycles. The lowest BCUT2D eigenvalue weighted by molar-refractivity contribution is -0.111. The van der Waals surface area contributed by atoms with Gasteiger partial charge in [-0.25, -0.2) is 0 Å². The maximum Gasteiger partial charge on any atom is 0.248 e. The molecule has 142 valence electrons. The molecule has 3 aromatic carbocycles. The number of aliphatic hydroxyl groups excluding tert-OH is 1. The minimum Gasteiger partial charge on any atom is -0.497 e. The lowest BCUT2D eigenvalue weighted by atomic mass is 10.00. The van der Waals surface area contributed by atoms with Crippen LogP contribution in [0.15, 0.2) is 78.9 Å². The molecule has 0 aliphatic heterocycles. The van der Waals surface area contributed by atoms with Crippen LogP contribution in [0.2, 0.25) is 5.02 Å². The van der Waals surface area contributed by atoms with Crippen LogP contribution in [0, 0.1) is 0 Å². The molecule has 28 heavy (non-hydrogen) atoms. The number of rotatable bonds is 6. The van der Waals surface area contributed by atoms with Gasteiger partial charge in [0, 0.05) is 22.3 Å². The molecule has 1 atom stereocenters. The molecule has 3 aromatic rings. The number of benzene rings is 3. The Balaban J connectivity index is 1.77. The second-order valence-electron chi connectivity index (χ2n) is 6.14. The van der Waals surface area contributed by atoms with E-state index in [1.807, 2.05) is 54.6 Å². The highest BCUT2D eigenvalue weighted by Crippen LogP contribution is 2.31. The first-order chi connectivity index (χ1) is 13.6. The second kappa shape index (κ2) is 9.22. The Hall–Kier alpha value is -3.08. The van der Waals surface area contributed by atoms with Crippen molar-refractivity contribution in [3.8, 4) is 5.75 Å². The Bertz CT molecular complexity index is 969. The van der Waals surface area contributed by atoms with E-state index in [0.29, 0.717) is 21.8 Å². The van der Waals surface area contributed by atoms with Crippen molar-refractivity contribution in [1.29, 1.82) is 0 Å². The third-order valence-electron chi connectivity index (χ3n) is 4.22. The van der Waals surface area contributed by atoms with Gasteiger partial charge in [0.2, 0.25) is 5.91 Å². The van der Waals surface area contributed by atoms with E-state index in [0.717, 1.165) is 11.3 Å². The largest absolute Gasteiger partial charge is 0.497 e. The highest BCUT2D eigenvalue weighted by Gasteiger charge is 2.16. The molecular formula is C23H20ClNO3. The van der Waals surface area contributed by atoms with Gasteiger partial charge in [0.25, 0.3) is 0 Å². The number of hydrogen-bond acceptors (Lipinski definition) is 3. The summed E-state index contributed by atoms with van der Waals surface area (Å²) in [7, 11) is 1.60. The average Bonchev–Trinajstić information content (AvgIpc) is 2.74. The first kappa shape index (κ1) is 19.7. The fourth-order valence-corrected chi connectivity index (χ4v) is 2.93. The van der Waals surface area contributed by atoms with Crippen LogP contribution in [0.5, 0.6) is 5.75 Å². The number of hydrogen-bond donors (Lipinski definition) is 2. The number of nitrogens with one attached hydrogen (secondary N) is 1. The lowest BCUT2D eigenvalue weighted by Gasteiger charge is -2.16. The van der Waals surface area contributed by atoms with Gasteiger partial charge < -0.3 is 15.2 Å². The second-order valence-corrected chi connectivity index (χ2v) is 6.58. The van der Waals surface area contributed by atoms with Crippen LogP contribution < -0.4 is 10.1 Å². The Morgan fingerprint density at radius 3 is 2.46 bits per heavy atom. The minimum atomic E-state index is -0.902. The number of ether oxygens (including phenoxy) is 1. The first-order valence-electron chi connectivity index (χ1n) is 8.72. The van der Waals surface area contributed by atoms with E-state index in [1.165, 1.54) is 6.08 Å². The summed E-state index contributed by atoms with van der Waals surface area (Å²) in [6, 6.07) is 21.6. The summed E-state index contributed by atoms with van der Waals surface area (Å²) in [6.07, 6.45) is 2.24. The number of anilines is 1. The van der Waals surface area contributed by atoms with Crippen LogP contribution in [0.1, 0.15) is 22.8 Å². The van der Waals surface area contributed by atoms with Gasteiger partial charge >= 0.3 is 0 Å². The van der Waals surface area contributed by atoms with Gasteiger partial charge in [-0.05, 0) is 47.5 Å². The van der Waals surface area contributed by atoms with Crippen LogP contribution in [0.25, 0.3) is 6.08 Å². The number of carbonyl (C=O) groups is 1. The Morgan fingerprint density at radius 1 is 1.07 bits per heavy atom. The van der Waals surface area contributed by atoms with E-state index in [2.05, 4.69) is 5.32 Å². The van der Waals surface area contributed by atoms with E-state index < -0.39 is 6.10 Å². The van der Waals surface area contributed by atoms with E-state index in [9.17, 15) is 9.90 Å². The molecule has 0 fully saturated rings. The van der Waals surface area contributed by atoms with Gasteiger partial charge in [-0.2, -0.15) is 0 Å². The van der Waals surface area contributed by atoms with E-state index in [4.69, 9.17) is 16.3 Å². The monoisotopic (exact) mass is 393 g/mol. The third kappa shape index (κ3) is 5.00. The SMILES string of the molecule is COc1ccc(/C=C/C(=O)Nc2ccc(Cl)cc2C(O)c2ccccc2)cc1. The van der Waals surface area contributed by atoms with E-state index in [-0.39, 0.29) is 5.91 Å². The fraction of sp³-hybridized carbons (Fsp3) is 0.0870. The van der Waals surface area contributed by atoms with Crippen molar-refractivity contribution in [2.45, 2.75) is 6.10 Å². The van der Waals surface area contributed by atoms with Crippen LogP contribution in [0.3, 0.4) is 0 Å². The predicted molar refractivity (Wildman–Crippen MR) is 113 cm³/mol. The molecule has 0 aromatic heterocycles. The predicted octanol–water partition coefficient (Wildman–Crippen LogP) is 5.08. The van der Waals surface area contributed by atoms with Gasteiger partial charge in [0.1, 0.15) is 11.9 Å². The normalized spacial score (nSPS) is 12.0. The van der Waals surface area contributed by atoms with Gasteiger partial charge in [-0.3, -0.25) is 4.79 Å². The third-order valence-corrected chi connectivity index (χ3v) is 4.46. The fourth-order valence-electron chi connectivity index (χ4n) is 2.75. The van der Waals surface area contributed by atoms with Crippen LogP contribution >= 0.6 is 11.6 Å². The molecule has 1 amide bonds. The number of methoxy groups -OCH3 is 1. The number of halogens is 1. The summed E-state index contributed by atoms with van der Waals surface area (Å²) in [5, 5.41) is 14.0. The lowest BCUT2D eigenvalue weighted by Crippen LogP contribution is -2.12. The van der Waals surface area contributed by atoms with Crippen molar-refractivity contribution in [2.75, 3.05) is 12.4 Å². The number of amides is 1. The van der Waals surface area contributed by atoms with Crippen molar-refractivity contribution < 1.29 is 14.6 Å². The van der Waals surface area contributed by atoms with Crippen LogP contribution in [-0.4, -0.2) is 18.1 Å². The van der Waals surface area contributed by atoms with Gasteiger partial charge in [0.05, 0.1) is 7.11 Å². The molecule has 4 nitrogen and oxygen atoms in total. The van der Waals surface area contributed by atoms with Gasteiger partial charge in [-0.1, -0.05) is 54.1 Å². The minimum absolute atomic E-state index is 0.306. The summed E-state index contributed by atoms with van der Waals surface area (Å²) >= 11 is 6.10. The standard InChI is InChI=1S/C23H20ClNO3/c1-28-19-11-7-16(8-12-19)9-14-22(26)25-21-13-10-18(24)15-20(21)23(27)17-5-3-2-4-6-17/h2-15,23,27H,1H3,(H,25,26)/b14-9+. The summed E-state index contributed by atoms with van der Waals surface area (Å²) in [4.78, 5) is 12.4. The molecule has 0 spiro atoms. The molecule has 3 rings (SSSR count). The maximum absolute atomic E-state index is 12.4. The molecule has 1 unspecified atom stereocenters. The quantitative estimate of drug-likeness (QED) is 0.574. The number of carbonyl (C=O) groups excluding carboxylic acids is 1. The Kier molecular flexibility index (Phi) is 6.48.